The van der Waals surface area contributed by atoms with E-state index in [0.717, 1.165) is 50.2 Å². The molecule has 2 aromatic rings. The third-order valence-corrected chi connectivity index (χ3v) is 4.33. The Hall–Kier alpha value is -2.71. The molecule has 1 fully saturated rings. The number of alkyl halides is 3. The van der Waals surface area contributed by atoms with Gasteiger partial charge in [0.25, 0.3) is 5.91 Å². The molecule has 144 valence electrons. The summed E-state index contributed by atoms with van der Waals surface area (Å²) in [5.74, 6) is -1.38. The maximum atomic E-state index is 13.2. The number of pyridine rings is 2. The van der Waals surface area contributed by atoms with Crippen LogP contribution < -0.4 is 10.2 Å². The number of hydrogen-bond acceptors (Lipinski definition) is 4. The Bertz CT molecular complexity index is 817. The van der Waals surface area contributed by atoms with Crippen molar-refractivity contribution in [2.75, 3.05) is 23.3 Å². The fourth-order valence-corrected chi connectivity index (χ4v) is 2.99. The molecule has 1 saturated heterocycles. The number of nitrogens with one attached hydrogen (secondary N) is 1. The summed E-state index contributed by atoms with van der Waals surface area (Å²) in [6, 6.07) is 3.14. The zero-order valence-electron chi connectivity index (χ0n) is 14.4. The normalized spacial score (nSPS) is 15.3. The number of amides is 1. The molecule has 0 aromatic carbocycles. The molecular formula is C18H18F4N4O. The van der Waals surface area contributed by atoms with E-state index in [1.165, 1.54) is 6.07 Å². The smallest absolute Gasteiger partial charge is 0.356 e. The van der Waals surface area contributed by atoms with Gasteiger partial charge in [-0.05, 0) is 25.0 Å². The predicted octanol–water partition coefficient (Wildman–Crippen LogP) is 4.27. The van der Waals surface area contributed by atoms with Crippen LogP contribution in [0.4, 0.5) is 29.1 Å². The number of carbonyl (C=O) groups is 1. The van der Waals surface area contributed by atoms with Crippen LogP contribution in [0.15, 0.2) is 30.6 Å². The average Bonchev–Trinajstić information content (AvgIpc) is 2.89. The Morgan fingerprint density at radius 2 is 1.78 bits per heavy atom. The second-order valence-corrected chi connectivity index (χ2v) is 6.32. The van der Waals surface area contributed by atoms with E-state index in [-0.39, 0.29) is 17.1 Å². The zero-order valence-corrected chi connectivity index (χ0v) is 14.4. The molecule has 0 unspecified atom stereocenters. The summed E-state index contributed by atoms with van der Waals surface area (Å²) in [4.78, 5) is 21.8. The van der Waals surface area contributed by atoms with Gasteiger partial charge in [0.05, 0.1) is 11.1 Å². The molecule has 1 aliphatic heterocycles. The highest BCUT2D eigenvalue weighted by molar-refractivity contribution is 6.07. The monoisotopic (exact) mass is 382 g/mol. The van der Waals surface area contributed by atoms with E-state index in [1.54, 1.807) is 0 Å². The van der Waals surface area contributed by atoms with Crippen molar-refractivity contribution in [2.45, 2.75) is 31.9 Å². The van der Waals surface area contributed by atoms with Gasteiger partial charge in [-0.1, -0.05) is 12.8 Å². The van der Waals surface area contributed by atoms with E-state index < -0.39 is 23.6 Å². The maximum Gasteiger partial charge on any atom is 0.417 e. The number of halogens is 4. The van der Waals surface area contributed by atoms with Crippen molar-refractivity contribution >= 4 is 17.4 Å². The lowest BCUT2D eigenvalue weighted by molar-refractivity contribution is -0.137. The SMILES string of the molecule is O=C(Nc1ccnc(F)c1)c1cc(C(F)(F)F)cnc1N1CCCCCC1. The first-order chi connectivity index (χ1) is 12.8. The summed E-state index contributed by atoms with van der Waals surface area (Å²) in [7, 11) is 0. The third kappa shape index (κ3) is 4.72. The highest BCUT2D eigenvalue weighted by atomic mass is 19.4. The number of anilines is 2. The van der Waals surface area contributed by atoms with Gasteiger partial charge in [0, 0.05) is 37.2 Å². The van der Waals surface area contributed by atoms with Crippen LogP contribution in [0.2, 0.25) is 0 Å². The molecule has 9 heteroatoms. The first kappa shape index (κ1) is 19.1. The summed E-state index contributed by atoms with van der Waals surface area (Å²) < 4.78 is 52.5. The molecule has 0 aliphatic carbocycles. The van der Waals surface area contributed by atoms with E-state index >= 15 is 0 Å². The molecule has 27 heavy (non-hydrogen) atoms. The van der Waals surface area contributed by atoms with E-state index in [4.69, 9.17) is 0 Å². The quantitative estimate of drug-likeness (QED) is 0.636. The van der Waals surface area contributed by atoms with E-state index in [9.17, 15) is 22.4 Å². The van der Waals surface area contributed by atoms with Crippen molar-refractivity contribution in [3.63, 3.8) is 0 Å². The van der Waals surface area contributed by atoms with Gasteiger partial charge >= 0.3 is 6.18 Å². The molecule has 0 radical (unpaired) electrons. The Labute approximate surface area is 153 Å². The first-order valence-corrected chi connectivity index (χ1v) is 8.60. The minimum Gasteiger partial charge on any atom is -0.356 e. The molecule has 1 N–H and O–H groups in total. The van der Waals surface area contributed by atoms with Gasteiger partial charge in [-0.2, -0.15) is 17.6 Å². The number of carbonyl (C=O) groups excluding carboxylic acids is 1. The molecule has 1 amide bonds. The largest absolute Gasteiger partial charge is 0.417 e. The maximum absolute atomic E-state index is 13.2. The number of aromatic nitrogens is 2. The second-order valence-electron chi connectivity index (χ2n) is 6.32. The van der Waals surface area contributed by atoms with Gasteiger partial charge in [0.1, 0.15) is 5.82 Å². The molecule has 3 rings (SSSR count). The predicted molar refractivity (Wildman–Crippen MR) is 92.1 cm³/mol. The molecule has 0 spiro atoms. The van der Waals surface area contributed by atoms with Crippen LogP contribution in [0, 0.1) is 5.95 Å². The second kappa shape index (κ2) is 7.89. The molecule has 0 saturated carbocycles. The Kier molecular flexibility index (Phi) is 5.57. The fraction of sp³-hybridized carbons (Fsp3) is 0.389. The minimum atomic E-state index is -4.62. The van der Waals surface area contributed by atoms with Gasteiger partial charge in [-0.25, -0.2) is 9.97 Å². The topological polar surface area (TPSA) is 58.1 Å². The van der Waals surface area contributed by atoms with Crippen molar-refractivity contribution in [2.24, 2.45) is 0 Å². The van der Waals surface area contributed by atoms with E-state index in [0.29, 0.717) is 13.1 Å². The van der Waals surface area contributed by atoms with Crippen LogP contribution in [0.5, 0.6) is 0 Å². The van der Waals surface area contributed by atoms with E-state index in [1.807, 2.05) is 4.90 Å². The first-order valence-electron chi connectivity index (χ1n) is 8.60. The lowest BCUT2D eigenvalue weighted by Gasteiger charge is -2.24. The van der Waals surface area contributed by atoms with Gasteiger partial charge < -0.3 is 10.2 Å². The standard InChI is InChI=1S/C18H18F4N4O/c19-15-10-13(5-6-23-15)25-17(27)14-9-12(18(20,21)22)11-24-16(14)26-7-3-1-2-4-8-26/h5-6,9-11H,1-4,7-8H2,(H,23,25,27). The van der Waals surface area contributed by atoms with Crippen molar-refractivity contribution in [3.8, 4) is 0 Å². The Morgan fingerprint density at radius 1 is 1.07 bits per heavy atom. The van der Waals surface area contributed by atoms with Crippen molar-refractivity contribution < 1.29 is 22.4 Å². The van der Waals surface area contributed by atoms with Gasteiger partial charge in [0.2, 0.25) is 5.95 Å². The Balaban J connectivity index is 1.97. The average molecular weight is 382 g/mol. The lowest BCUT2D eigenvalue weighted by atomic mass is 10.1. The highest BCUT2D eigenvalue weighted by Gasteiger charge is 2.33. The highest BCUT2D eigenvalue weighted by Crippen LogP contribution is 2.32. The summed E-state index contributed by atoms with van der Waals surface area (Å²) in [5.41, 5.74) is -1.09. The van der Waals surface area contributed by atoms with Crippen molar-refractivity contribution in [1.82, 2.24) is 9.97 Å². The minimum absolute atomic E-state index is 0.103. The molecule has 0 bridgehead atoms. The summed E-state index contributed by atoms with van der Waals surface area (Å²) in [6.45, 7) is 1.23. The van der Waals surface area contributed by atoms with E-state index in [2.05, 4.69) is 15.3 Å². The van der Waals surface area contributed by atoms with Crippen LogP contribution in [0.1, 0.15) is 41.6 Å². The van der Waals surface area contributed by atoms with Crippen LogP contribution in [-0.4, -0.2) is 29.0 Å². The van der Waals surface area contributed by atoms with Gasteiger partial charge in [-0.15, -0.1) is 0 Å². The molecular weight excluding hydrogens is 364 g/mol. The molecule has 3 heterocycles. The number of rotatable bonds is 3. The van der Waals surface area contributed by atoms with Gasteiger partial charge in [0.15, 0.2) is 0 Å². The van der Waals surface area contributed by atoms with Crippen LogP contribution in [-0.2, 0) is 6.18 Å². The third-order valence-electron chi connectivity index (χ3n) is 4.33. The van der Waals surface area contributed by atoms with Crippen molar-refractivity contribution in [1.29, 1.82) is 0 Å². The van der Waals surface area contributed by atoms with Crippen LogP contribution in [0.3, 0.4) is 0 Å². The Morgan fingerprint density at radius 3 is 2.41 bits per heavy atom. The van der Waals surface area contributed by atoms with Crippen molar-refractivity contribution in [3.05, 3.63) is 47.7 Å². The zero-order chi connectivity index (χ0) is 19.4. The summed E-state index contributed by atoms with van der Waals surface area (Å²) in [5, 5.41) is 2.42. The van der Waals surface area contributed by atoms with Gasteiger partial charge in [-0.3, -0.25) is 4.79 Å². The fourth-order valence-electron chi connectivity index (χ4n) is 2.99. The van der Waals surface area contributed by atoms with Crippen LogP contribution >= 0.6 is 0 Å². The lowest BCUT2D eigenvalue weighted by Crippen LogP contribution is -2.28. The summed E-state index contributed by atoms with van der Waals surface area (Å²) in [6.07, 6.45) is 1.07. The summed E-state index contributed by atoms with van der Waals surface area (Å²) >= 11 is 0. The number of nitrogens with zero attached hydrogens (tertiary/aromatic N) is 3. The molecule has 5 nitrogen and oxygen atoms in total. The molecule has 1 aliphatic rings. The molecule has 0 atom stereocenters. The molecule has 2 aromatic heterocycles. The van der Waals surface area contributed by atoms with Crippen LogP contribution in [0.25, 0.3) is 0 Å². The number of hydrogen-bond donors (Lipinski definition) is 1.